The number of carboxylic acids is 1. The lowest BCUT2D eigenvalue weighted by atomic mass is 10.2. The maximum absolute atomic E-state index is 10.7. The minimum absolute atomic E-state index is 0.136. The summed E-state index contributed by atoms with van der Waals surface area (Å²) < 4.78 is 5.38. The maximum atomic E-state index is 10.7. The molecule has 1 aromatic carbocycles. The summed E-state index contributed by atoms with van der Waals surface area (Å²) in [4.78, 5) is 12.8. The number of aliphatic carboxylic acids is 1. The lowest BCUT2D eigenvalue weighted by Crippen LogP contribution is -2.27. The van der Waals surface area contributed by atoms with Gasteiger partial charge in [-0.15, -0.1) is 0 Å². The molecular formula is C13H18N2O3. The summed E-state index contributed by atoms with van der Waals surface area (Å²) in [7, 11) is 1.63. The van der Waals surface area contributed by atoms with Crippen LogP contribution in [0.2, 0.25) is 0 Å². The molecule has 0 fully saturated rings. The number of carbonyl (C=O) groups is 1. The fourth-order valence-electron chi connectivity index (χ4n) is 2.21. The van der Waals surface area contributed by atoms with Gasteiger partial charge in [-0.25, -0.2) is 0 Å². The molecule has 5 heteroatoms. The molecule has 0 aliphatic carbocycles. The van der Waals surface area contributed by atoms with Crippen LogP contribution in [-0.4, -0.2) is 37.8 Å². The first-order valence-electron chi connectivity index (χ1n) is 6.10. The van der Waals surface area contributed by atoms with E-state index in [9.17, 15) is 4.79 Å². The standard InChI is InChI=1S/C13H18N2O3/c1-18-11-5-2-4-10-13(11)15(8-3-7-14-10)9-6-12(16)17/h2,4-5,14H,3,6-9H2,1H3,(H,16,17). The summed E-state index contributed by atoms with van der Waals surface area (Å²) in [5, 5.41) is 12.2. The molecule has 1 aromatic rings. The van der Waals surface area contributed by atoms with Gasteiger partial charge in [0.05, 0.1) is 19.2 Å². The van der Waals surface area contributed by atoms with Crippen molar-refractivity contribution in [3.05, 3.63) is 18.2 Å². The van der Waals surface area contributed by atoms with E-state index in [1.807, 2.05) is 18.2 Å². The van der Waals surface area contributed by atoms with Crippen LogP contribution in [0.3, 0.4) is 0 Å². The third-order valence-corrected chi connectivity index (χ3v) is 3.05. The predicted octanol–water partition coefficient (Wildman–Crippen LogP) is 1.79. The molecular weight excluding hydrogens is 232 g/mol. The number of nitrogens with one attached hydrogen (secondary N) is 1. The Kier molecular flexibility index (Phi) is 3.92. The van der Waals surface area contributed by atoms with Crippen molar-refractivity contribution in [3.63, 3.8) is 0 Å². The Bertz CT molecular complexity index is 434. The number of fused-ring (bicyclic) bond motifs is 1. The van der Waals surface area contributed by atoms with Gasteiger partial charge in [0.15, 0.2) is 0 Å². The third-order valence-electron chi connectivity index (χ3n) is 3.05. The molecule has 1 aliphatic heterocycles. The average molecular weight is 250 g/mol. The Balaban J connectivity index is 2.29. The SMILES string of the molecule is COc1cccc2c1N(CCC(=O)O)CCCN2. The van der Waals surface area contributed by atoms with Gasteiger partial charge in [0.25, 0.3) is 0 Å². The number of benzene rings is 1. The first-order chi connectivity index (χ1) is 8.72. The maximum Gasteiger partial charge on any atom is 0.305 e. The van der Waals surface area contributed by atoms with Crippen molar-refractivity contribution in [2.75, 3.05) is 37.0 Å². The van der Waals surface area contributed by atoms with Crippen LogP contribution < -0.4 is 15.0 Å². The van der Waals surface area contributed by atoms with Gasteiger partial charge in [-0.2, -0.15) is 0 Å². The number of rotatable bonds is 4. The van der Waals surface area contributed by atoms with E-state index in [-0.39, 0.29) is 6.42 Å². The number of methoxy groups -OCH3 is 1. The fraction of sp³-hybridized carbons (Fsp3) is 0.462. The Morgan fingerprint density at radius 3 is 3.11 bits per heavy atom. The molecule has 0 atom stereocenters. The zero-order valence-corrected chi connectivity index (χ0v) is 10.5. The van der Waals surface area contributed by atoms with Crippen molar-refractivity contribution < 1.29 is 14.6 Å². The van der Waals surface area contributed by atoms with Crippen LogP contribution in [0.15, 0.2) is 18.2 Å². The van der Waals surface area contributed by atoms with E-state index in [4.69, 9.17) is 9.84 Å². The van der Waals surface area contributed by atoms with E-state index in [0.29, 0.717) is 6.54 Å². The number of ether oxygens (including phenoxy) is 1. The topological polar surface area (TPSA) is 61.8 Å². The number of hydrogen-bond donors (Lipinski definition) is 2. The smallest absolute Gasteiger partial charge is 0.305 e. The van der Waals surface area contributed by atoms with Gasteiger partial charge >= 0.3 is 5.97 Å². The molecule has 1 aliphatic rings. The van der Waals surface area contributed by atoms with E-state index < -0.39 is 5.97 Å². The predicted molar refractivity (Wildman–Crippen MR) is 70.6 cm³/mol. The lowest BCUT2D eigenvalue weighted by Gasteiger charge is -2.25. The highest BCUT2D eigenvalue weighted by Gasteiger charge is 2.19. The summed E-state index contributed by atoms with van der Waals surface area (Å²) in [6.07, 6.45) is 1.12. The molecule has 5 nitrogen and oxygen atoms in total. The molecule has 1 heterocycles. The van der Waals surface area contributed by atoms with Crippen LogP contribution in [0.4, 0.5) is 11.4 Å². The Morgan fingerprint density at radius 2 is 2.39 bits per heavy atom. The number of hydrogen-bond acceptors (Lipinski definition) is 4. The molecule has 0 spiro atoms. The van der Waals surface area contributed by atoms with E-state index >= 15 is 0 Å². The van der Waals surface area contributed by atoms with E-state index in [2.05, 4.69) is 10.2 Å². The highest BCUT2D eigenvalue weighted by Crippen LogP contribution is 2.37. The van der Waals surface area contributed by atoms with Crippen molar-refractivity contribution in [3.8, 4) is 5.75 Å². The van der Waals surface area contributed by atoms with Crippen LogP contribution in [-0.2, 0) is 4.79 Å². The van der Waals surface area contributed by atoms with Gasteiger partial charge in [0, 0.05) is 19.6 Å². The van der Waals surface area contributed by atoms with E-state index in [0.717, 1.165) is 36.6 Å². The van der Waals surface area contributed by atoms with Crippen molar-refractivity contribution in [1.82, 2.24) is 0 Å². The number of anilines is 2. The second-order valence-electron chi connectivity index (χ2n) is 4.27. The summed E-state index contributed by atoms with van der Waals surface area (Å²) in [5.74, 6) is 0.0101. The third kappa shape index (κ3) is 2.67. The van der Waals surface area contributed by atoms with Crippen molar-refractivity contribution in [2.45, 2.75) is 12.8 Å². The Labute approximate surface area is 106 Å². The first kappa shape index (κ1) is 12.5. The zero-order chi connectivity index (χ0) is 13.0. The van der Waals surface area contributed by atoms with Crippen LogP contribution in [0, 0.1) is 0 Å². The number of carboxylic acid groups (broad SMARTS) is 1. The molecule has 98 valence electrons. The van der Waals surface area contributed by atoms with E-state index in [1.165, 1.54) is 0 Å². The molecule has 0 saturated heterocycles. The summed E-state index contributed by atoms with van der Waals surface area (Å²) in [5.41, 5.74) is 1.98. The Hall–Kier alpha value is -1.91. The molecule has 0 aromatic heterocycles. The van der Waals surface area contributed by atoms with Crippen LogP contribution in [0.5, 0.6) is 5.75 Å². The molecule has 18 heavy (non-hydrogen) atoms. The van der Waals surface area contributed by atoms with E-state index in [1.54, 1.807) is 7.11 Å². The normalized spacial score (nSPS) is 14.4. The number of para-hydroxylation sites is 1. The molecule has 0 saturated carbocycles. The zero-order valence-electron chi connectivity index (χ0n) is 10.5. The summed E-state index contributed by atoms with van der Waals surface area (Å²) >= 11 is 0. The minimum atomic E-state index is -0.774. The van der Waals surface area contributed by atoms with Crippen molar-refractivity contribution in [2.24, 2.45) is 0 Å². The van der Waals surface area contributed by atoms with Gasteiger partial charge in [-0.3, -0.25) is 4.79 Å². The minimum Gasteiger partial charge on any atom is -0.495 e. The van der Waals surface area contributed by atoms with Crippen molar-refractivity contribution >= 4 is 17.3 Å². The van der Waals surface area contributed by atoms with Crippen LogP contribution >= 0.6 is 0 Å². The van der Waals surface area contributed by atoms with Gasteiger partial charge in [-0.1, -0.05) is 6.07 Å². The summed E-state index contributed by atoms with van der Waals surface area (Å²) in [6, 6.07) is 5.84. The number of nitrogens with zero attached hydrogens (tertiary/aromatic N) is 1. The molecule has 0 bridgehead atoms. The fourth-order valence-corrected chi connectivity index (χ4v) is 2.21. The molecule has 0 radical (unpaired) electrons. The largest absolute Gasteiger partial charge is 0.495 e. The summed E-state index contributed by atoms with van der Waals surface area (Å²) in [6.45, 7) is 2.24. The van der Waals surface area contributed by atoms with Crippen LogP contribution in [0.1, 0.15) is 12.8 Å². The van der Waals surface area contributed by atoms with Crippen LogP contribution in [0.25, 0.3) is 0 Å². The first-order valence-corrected chi connectivity index (χ1v) is 6.10. The monoisotopic (exact) mass is 250 g/mol. The highest BCUT2D eigenvalue weighted by molar-refractivity contribution is 5.78. The molecule has 2 rings (SSSR count). The van der Waals surface area contributed by atoms with Gasteiger partial charge < -0.3 is 20.1 Å². The van der Waals surface area contributed by atoms with Gasteiger partial charge in [0.2, 0.25) is 0 Å². The van der Waals surface area contributed by atoms with Gasteiger partial charge in [0.1, 0.15) is 11.4 Å². The second-order valence-corrected chi connectivity index (χ2v) is 4.27. The quantitative estimate of drug-likeness (QED) is 0.853. The highest BCUT2D eigenvalue weighted by atomic mass is 16.5. The second kappa shape index (κ2) is 5.62. The molecule has 2 N–H and O–H groups in total. The molecule has 0 unspecified atom stereocenters. The van der Waals surface area contributed by atoms with Crippen molar-refractivity contribution in [1.29, 1.82) is 0 Å². The van der Waals surface area contributed by atoms with Gasteiger partial charge in [-0.05, 0) is 18.6 Å². The Morgan fingerprint density at radius 1 is 1.56 bits per heavy atom. The average Bonchev–Trinajstić information content (AvgIpc) is 2.58. The lowest BCUT2D eigenvalue weighted by molar-refractivity contribution is -0.136. The molecule has 0 amide bonds.